The van der Waals surface area contributed by atoms with Crippen molar-refractivity contribution in [2.75, 3.05) is 16.4 Å². The van der Waals surface area contributed by atoms with Crippen LogP contribution in [-0.4, -0.2) is 22.6 Å². The molecule has 0 aliphatic carbocycles. The van der Waals surface area contributed by atoms with Gasteiger partial charge in [0.15, 0.2) is 0 Å². The molecule has 2 N–H and O–H groups in total. The van der Waals surface area contributed by atoms with Crippen LogP contribution >= 0.6 is 11.8 Å². The van der Waals surface area contributed by atoms with E-state index in [4.69, 9.17) is 0 Å². The van der Waals surface area contributed by atoms with Crippen molar-refractivity contribution in [2.24, 2.45) is 0 Å². The number of hydrogen-bond donors (Lipinski definition) is 2. The van der Waals surface area contributed by atoms with E-state index in [1.807, 2.05) is 43.3 Å². The summed E-state index contributed by atoms with van der Waals surface area (Å²) >= 11 is 1.50. The highest BCUT2D eigenvalue weighted by atomic mass is 32.2. The van der Waals surface area contributed by atoms with Gasteiger partial charge in [0.1, 0.15) is 0 Å². The molecular formula is C22H21N3O2S. The van der Waals surface area contributed by atoms with Gasteiger partial charge in [0.25, 0.3) is 5.91 Å². The van der Waals surface area contributed by atoms with Crippen LogP contribution < -0.4 is 10.6 Å². The molecule has 3 aromatic rings. The zero-order chi connectivity index (χ0) is 19.8. The summed E-state index contributed by atoms with van der Waals surface area (Å²) in [7, 11) is 0. The van der Waals surface area contributed by atoms with Crippen molar-refractivity contribution in [1.29, 1.82) is 0 Å². The Hall–Kier alpha value is -3.12. The van der Waals surface area contributed by atoms with Crippen LogP contribution in [0.4, 0.5) is 11.4 Å². The van der Waals surface area contributed by atoms with Gasteiger partial charge in [-0.25, -0.2) is 0 Å². The standard InChI is InChI=1S/C22H21N3O2S/c1-16-6-4-8-18(12-16)24-22(27)19-9-2-3-10-20(19)25-21(26)15-28-14-17-7-5-11-23-13-17/h2-13H,14-15H2,1H3,(H,24,27)(H,25,26). The molecule has 0 aliphatic heterocycles. The van der Waals surface area contributed by atoms with Crippen LogP contribution in [-0.2, 0) is 10.5 Å². The van der Waals surface area contributed by atoms with Gasteiger partial charge in [0.05, 0.1) is 17.0 Å². The van der Waals surface area contributed by atoms with E-state index < -0.39 is 0 Å². The van der Waals surface area contributed by atoms with Gasteiger partial charge in [-0.1, -0.05) is 30.3 Å². The highest BCUT2D eigenvalue weighted by molar-refractivity contribution is 7.99. The lowest BCUT2D eigenvalue weighted by molar-refractivity contribution is -0.113. The molecule has 0 saturated carbocycles. The first-order valence-corrected chi connectivity index (χ1v) is 10.0. The van der Waals surface area contributed by atoms with E-state index in [1.165, 1.54) is 11.8 Å². The number of nitrogens with zero attached hydrogens (tertiary/aromatic N) is 1. The van der Waals surface area contributed by atoms with Crippen LogP contribution in [0.2, 0.25) is 0 Å². The molecular weight excluding hydrogens is 370 g/mol. The van der Waals surface area contributed by atoms with Gasteiger partial charge in [0, 0.05) is 23.8 Å². The number of benzene rings is 2. The first-order chi connectivity index (χ1) is 13.6. The summed E-state index contributed by atoms with van der Waals surface area (Å²) in [5.41, 5.74) is 3.77. The van der Waals surface area contributed by atoms with Gasteiger partial charge >= 0.3 is 0 Å². The zero-order valence-corrected chi connectivity index (χ0v) is 16.3. The number of pyridine rings is 1. The Bertz CT molecular complexity index is 961. The number of aryl methyl sites for hydroxylation is 1. The predicted molar refractivity (Wildman–Crippen MR) is 115 cm³/mol. The number of hydrogen-bond acceptors (Lipinski definition) is 4. The van der Waals surface area contributed by atoms with Crippen molar-refractivity contribution in [3.05, 3.63) is 89.7 Å². The fraction of sp³-hybridized carbons (Fsp3) is 0.136. The minimum Gasteiger partial charge on any atom is -0.325 e. The Morgan fingerprint density at radius 2 is 1.86 bits per heavy atom. The van der Waals surface area contributed by atoms with E-state index in [0.717, 1.165) is 16.8 Å². The molecule has 2 amide bonds. The number of nitrogens with one attached hydrogen (secondary N) is 2. The van der Waals surface area contributed by atoms with Crippen molar-refractivity contribution < 1.29 is 9.59 Å². The number of thioether (sulfide) groups is 1. The monoisotopic (exact) mass is 391 g/mol. The Morgan fingerprint density at radius 3 is 2.64 bits per heavy atom. The Kier molecular flexibility index (Phi) is 6.81. The van der Waals surface area contributed by atoms with E-state index in [0.29, 0.717) is 22.8 Å². The maximum absolute atomic E-state index is 12.7. The van der Waals surface area contributed by atoms with Crippen molar-refractivity contribution in [3.8, 4) is 0 Å². The van der Waals surface area contributed by atoms with E-state index in [2.05, 4.69) is 15.6 Å². The first-order valence-electron chi connectivity index (χ1n) is 8.85. The lowest BCUT2D eigenvalue weighted by atomic mass is 10.1. The minimum absolute atomic E-state index is 0.148. The summed E-state index contributed by atoms with van der Waals surface area (Å²) in [5.74, 6) is 0.591. The Labute approximate surface area is 168 Å². The van der Waals surface area contributed by atoms with Crippen LogP contribution in [0, 0.1) is 6.92 Å². The second kappa shape index (κ2) is 9.71. The molecule has 5 nitrogen and oxygen atoms in total. The van der Waals surface area contributed by atoms with Gasteiger partial charge in [0.2, 0.25) is 5.91 Å². The molecule has 1 aromatic heterocycles. The van der Waals surface area contributed by atoms with Crippen molar-refractivity contribution in [3.63, 3.8) is 0 Å². The number of aromatic nitrogens is 1. The molecule has 0 unspecified atom stereocenters. The average molecular weight is 391 g/mol. The molecule has 0 aliphatic rings. The van der Waals surface area contributed by atoms with Gasteiger partial charge in [-0.3, -0.25) is 14.6 Å². The quantitative estimate of drug-likeness (QED) is 0.621. The lowest BCUT2D eigenvalue weighted by Gasteiger charge is -2.12. The van der Waals surface area contributed by atoms with Gasteiger partial charge < -0.3 is 10.6 Å². The fourth-order valence-corrected chi connectivity index (χ4v) is 3.41. The summed E-state index contributed by atoms with van der Waals surface area (Å²) in [6, 6.07) is 18.4. The van der Waals surface area contributed by atoms with Gasteiger partial charge in [-0.05, 0) is 48.4 Å². The van der Waals surface area contributed by atoms with Crippen LogP contribution in [0.15, 0.2) is 73.1 Å². The maximum atomic E-state index is 12.7. The second-order valence-corrected chi connectivity index (χ2v) is 7.26. The Balaban J connectivity index is 1.59. The van der Waals surface area contributed by atoms with Gasteiger partial charge in [-0.2, -0.15) is 0 Å². The first kappa shape index (κ1) is 19.6. The molecule has 142 valence electrons. The number of carbonyl (C=O) groups is 2. The molecule has 2 aromatic carbocycles. The third kappa shape index (κ3) is 5.69. The molecule has 0 atom stereocenters. The van der Waals surface area contributed by atoms with Crippen LogP contribution in [0.1, 0.15) is 21.5 Å². The summed E-state index contributed by atoms with van der Waals surface area (Å²) in [6.45, 7) is 1.97. The predicted octanol–water partition coefficient (Wildman–Crippen LogP) is 4.51. The van der Waals surface area contributed by atoms with E-state index in [1.54, 1.807) is 36.7 Å². The molecule has 0 saturated heterocycles. The summed E-state index contributed by atoms with van der Waals surface area (Å²) in [6.07, 6.45) is 3.51. The van der Waals surface area contributed by atoms with Crippen molar-refractivity contribution >= 4 is 35.0 Å². The minimum atomic E-state index is -0.260. The van der Waals surface area contributed by atoms with Crippen LogP contribution in [0.5, 0.6) is 0 Å². The van der Waals surface area contributed by atoms with Crippen molar-refractivity contribution in [1.82, 2.24) is 4.98 Å². The number of carbonyl (C=O) groups excluding carboxylic acids is 2. The summed E-state index contributed by atoms with van der Waals surface area (Å²) in [4.78, 5) is 29.0. The third-order valence-electron chi connectivity index (χ3n) is 3.95. The number of amides is 2. The third-order valence-corrected chi connectivity index (χ3v) is 4.95. The second-order valence-electron chi connectivity index (χ2n) is 6.27. The molecule has 0 fully saturated rings. The molecule has 3 rings (SSSR count). The molecule has 1 heterocycles. The molecule has 6 heteroatoms. The largest absolute Gasteiger partial charge is 0.325 e. The molecule has 0 bridgehead atoms. The number of para-hydroxylation sites is 1. The Morgan fingerprint density at radius 1 is 1.00 bits per heavy atom. The normalized spacial score (nSPS) is 10.3. The summed E-state index contributed by atoms with van der Waals surface area (Å²) in [5, 5.41) is 5.71. The van der Waals surface area contributed by atoms with E-state index in [9.17, 15) is 9.59 Å². The average Bonchev–Trinajstić information content (AvgIpc) is 2.69. The number of anilines is 2. The fourth-order valence-electron chi connectivity index (χ4n) is 2.64. The van der Waals surface area contributed by atoms with Gasteiger partial charge in [-0.15, -0.1) is 11.8 Å². The zero-order valence-electron chi connectivity index (χ0n) is 15.5. The molecule has 0 radical (unpaired) electrons. The SMILES string of the molecule is Cc1cccc(NC(=O)c2ccccc2NC(=O)CSCc2cccnc2)c1. The highest BCUT2D eigenvalue weighted by Crippen LogP contribution is 2.19. The van der Waals surface area contributed by atoms with Crippen LogP contribution in [0.3, 0.4) is 0 Å². The van der Waals surface area contributed by atoms with Crippen molar-refractivity contribution in [2.45, 2.75) is 12.7 Å². The highest BCUT2D eigenvalue weighted by Gasteiger charge is 2.13. The number of rotatable bonds is 7. The van der Waals surface area contributed by atoms with E-state index in [-0.39, 0.29) is 11.8 Å². The maximum Gasteiger partial charge on any atom is 0.257 e. The smallest absolute Gasteiger partial charge is 0.257 e. The summed E-state index contributed by atoms with van der Waals surface area (Å²) < 4.78 is 0. The van der Waals surface area contributed by atoms with E-state index >= 15 is 0 Å². The molecule has 0 spiro atoms. The van der Waals surface area contributed by atoms with Crippen LogP contribution in [0.25, 0.3) is 0 Å². The topological polar surface area (TPSA) is 71.1 Å². The lowest BCUT2D eigenvalue weighted by Crippen LogP contribution is -2.19. The molecule has 28 heavy (non-hydrogen) atoms.